The maximum atomic E-state index is 6.19. The van der Waals surface area contributed by atoms with E-state index in [-0.39, 0.29) is 0 Å². The smallest absolute Gasteiger partial charge is 0.0549 e. The second-order valence-corrected chi connectivity index (χ2v) is 10.5. The predicted molar refractivity (Wildman–Crippen MR) is 116 cm³/mol. The third-order valence-corrected chi connectivity index (χ3v) is 8.16. The largest absolute Gasteiger partial charge is 0.378 e. The molecule has 1 aliphatic heterocycles. The fraction of sp³-hybridized carbons (Fsp3) is 1.00. The summed E-state index contributed by atoms with van der Waals surface area (Å²) in [5.41, 5.74) is 0.900. The Morgan fingerprint density at radius 3 is 2.27 bits per heavy atom. The standard InChI is InChI=1S/C24H49NO/c1-10-23(8,16-21(6)24(9)12-13-25-17-24)20(5)11-14-26-22(7)15-19(4)18(2)3/h18-22,25H,10-17H2,1-9H3. The minimum absolute atomic E-state index is 0.384. The van der Waals surface area contributed by atoms with E-state index in [1.807, 2.05) is 0 Å². The van der Waals surface area contributed by atoms with Crippen molar-refractivity contribution >= 4 is 0 Å². The second kappa shape index (κ2) is 10.5. The van der Waals surface area contributed by atoms with Gasteiger partial charge in [0, 0.05) is 13.2 Å². The fourth-order valence-corrected chi connectivity index (χ4v) is 4.55. The fourth-order valence-electron chi connectivity index (χ4n) is 4.55. The molecular weight excluding hydrogens is 318 g/mol. The van der Waals surface area contributed by atoms with Crippen molar-refractivity contribution in [2.45, 2.75) is 101 Å². The van der Waals surface area contributed by atoms with Gasteiger partial charge in [0.15, 0.2) is 0 Å². The van der Waals surface area contributed by atoms with Gasteiger partial charge < -0.3 is 10.1 Å². The number of nitrogens with one attached hydrogen (secondary N) is 1. The Hall–Kier alpha value is -0.0800. The van der Waals surface area contributed by atoms with Gasteiger partial charge in [-0.3, -0.25) is 0 Å². The van der Waals surface area contributed by atoms with Gasteiger partial charge in [-0.05, 0) is 73.7 Å². The molecule has 2 nitrogen and oxygen atoms in total. The van der Waals surface area contributed by atoms with Crippen molar-refractivity contribution in [1.82, 2.24) is 5.32 Å². The lowest BCUT2D eigenvalue weighted by atomic mass is 9.64. The van der Waals surface area contributed by atoms with Gasteiger partial charge in [0.1, 0.15) is 0 Å². The molecule has 0 amide bonds. The average molecular weight is 368 g/mol. The molecule has 6 atom stereocenters. The molecule has 0 aromatic carbocycles. The maximum Gasteiger partial charge on any atom is 0.0549 e. The molecule has 0 aromatic rings. The van der Waals surface area contributed by atoms with E-state index in [1.165, 1.54) is 45.2 Å². The summed E-state index contributed by atoms with van der Waals surface area (Å²) in [5, 5.41) is 3.58. The Kier molecular flexibility index (Phi) is 9.64. The van der Waals surface area contributed by atoms with Crippen LogP contribution in [0.1, 0.15) is 94.4 Å². The molecule has 156 valence electrons. The van der Waals surface area contributed by atoms with Gasteiger partial charge in [-0.25, -0.2) is 0 Å². The number of rotatable bonds is 12. The van der Waals surface area contributed by atoms with Crippen molar-refractivity contribution in [3.8, 4) is 0 Å². The summed E-state index contributed by atoms with van der Waals surface area (Å²) in [6.45, 7) is 24.8. The Morgan fingerprint density at radius 1 is 1.12 bits per heavy atom. The van der Waals surface area contributed by atoms with Gasteiger partial charge in [0.2, 0.25) is 0 Å². The molecule has 1 heterocycles. The highest BCUT2D eigenvalue weighted by Gasteiger charge is 2.39. The van der Waals surface area contributed by atoms with Crippen LogP contribution in [0.5, 0.6) is 0 Å². The van der Waals surface area contributed by atoms with E-state index in [2.05, 4.69) is 67.6 Å². The first-order chi connectivity index (χ1) is 12.0. The molecule has 1 fully saturated rings. The Bertz CT molecular complexity index is 388. The Labute approximate surface area is 165 Å². The first-order valence-corrected chi connectivity index (χ1v) is 11.4. The van der Waals surface area contributed by atoms with Gasteiger partial charge in [-0.1, -0.05) is 61.8 Å². The van der Waals surface area contributed by atoms with Gasteiger partial charge in [-0.2, -0.15) is 0 Å². The van der Waals surface area contributed by atoms with E-state index in [0.717, 1.165) is 24.4 Å². The topological polar surface area (TPSA) is 21.3 Å². The number of hydrogen-bond donors (Lipinski definition) is 1. The van der Waals surface area contributed by atoms with E-state index in [1.54, 1.807) is 0 Å². The Morgan fingerprint density at radius 2 is 1.77 bits per heavy atom. The summed E-state index contributed by atoms with van der Waals surface area (Å²) in [4.78, 5) is 0. The van der Waals surface area contributed by atoms with Crippen LogP contribution in [-0.2, 0) is 4.74 Å². The molecule has 1 aliphatic rings. The second-order valence-electron chi connectivity index (χ2n) is 10.5. The van der Waals surface area contributed by atoms with Crippen LogP contribution in [0.15, 0.2) is 0 Å². The lowest BCUT2D eigenvalue weighted by Crippen LogP contribution is -2.35. The number of ether oxygens (including phenoxy) is 1. The van der Waals surface area contributed by atoms with Crippen LogP contribution in [0, 0.1) is 34.5 Å². The van der Waals surface area contributed by atoms with E-state index < -0.39 is 0 Å². The van der Waals surface area contributed by atoms with Gasteiger partial charge >= 0.3 is 0 Å². The van der Waals surface area contributed by atoms with Crippen molar-refractivity contribution < 1.29 is 4.74 Å². The quantitative estimate of drug-likeness (QED) is 0.423. The molecule has 0 aliphatic carbocycles. The molecule has 0 radical (unpaired) electrons. The minimum atomic E-state index is 0.384. The zero-order chi connectivity index (χ0) is 20.0. The zero-order valence-electron chi connectivity index (χ0n) is 19.5. The summed E-state index contributed by atoms with van der Waals surface area (Å²) in [5.74, 6) is 2.97. The van der Waals surface area contributed by atoms with Crippen molar-refractivity contribution in [2.24, 2.45) is 34.5 Å². The lowest BCUT2D eigenvalue weighted by molar-refractivity contribution is 0.0182. The van der Waals surface area contributed by atoms with Crippen molar-refractivity contribution in [2.75, 3.05) is 19.7 Å². The van der Waals surface area contributed by atoms with E-state index in [9.17, 15) is 0 Å². The van der Waals surface area contributed by atoms with Crippen LogP contribution >= 0.6 is 0 Å². The van der Waals surface area contributed by atoms with E-state index >= 15 is 0 Å². The molecule has 0 aromatic heterocycles. The summed E-state index contributed by atoms with van der Waals surface area (Å²) in [6, 6.07) is 0. The highest BCUT2D eigenvalue weighted by molar-refractivity contribution is 4.92. The molecular formula is C24H49NO. The summed E-state index contributed by atoms with van der Waals surface area (Å²) < 4.78 is 6.19. The van der Waals surface area contributed by atoms with Gasteiger partial charge in [0.25, 0.3) is 0 Å². The first-order valence-electron chi connectivity index (χ1n) is 11.4. The van der Waals surface area contributed by atoms with E-state index in [4.69, 9.17) is 4.74 Å². The summed E-state index contributed by atoms with van der Waals surface area (Å²) in [7, 11) is 0. The molecule has 0 spiro atoms. The third-order valence-electron chi connectivity index (χ3n) is 8.16. The van der Waals surface area contributed by atoms with Crippen LogP contribution in [0.2, 0.25) is 0 Å². The van der Waals surface area contributed by atoms with Crippen LogP contribution in [0.4, 0.5) is 0 Å². The van der Waals surface area contributed by atoms with Crippen LogP contribution in [-0.4, -0.2) is 25.8 Å². The maximum absolute atomic E-state index is 6.19. The third kappa shape index (κ3) is 6.82. The highest BCUT2D eigenvalue weighted by atomic mass is 16.5. The van der Waals surface area contributed by atoms with Crippen molar-refractivity contribution in [3.05, 3.63) is 0 Å². The monoisotopic (exact) mass is 367 g/mol. The normalized spacial score (nSPS) is 27.9. The summed E-state index contributed by atoms with van der Waals surface area (Å²) in [6.07, 6.45) is 6.68. The lowest BCUT2D eigenvalue weighted by Gasteiger charge is -2.42. The highest BCUT2D eigenvalue weighted by Crippen LogP contribution is 2.45. The van der Waals surface area contributed by atoms with Crippen LogP contribution in [0.3, 0.4) is 0 Å². The average Bonchev–Trinajstić information content (AvgIpc) is 3.02. The molecule has 1 rings (SSSR count). The number of hydrogen-bond acceptors (Lipinski definition) is 2. The minimum Gasteiger partial charge on any atom is -0.378 e. The van der Waals surface area contributed by atoms with Gasteiger partial charge in [0.05, 0.1) is 6.10 Å². The SMILES string of the molecule is CCC(C)(CC(C)C1(C)CCNC1)C(C)CCOC(C)CC(C)C(C)C. The molecule has 0 bridgehead atoms. The molecule has 0 saturated carbocycles. The predicted octanol–water partition coefficient (Wildman–Crippen LogP) is 6.54. The zero-order valence-corrected chi connectivity index (χ0v) is 19.5. The van der Waals surface area contributed by atoms with Crippen LogP contribution < -0.4 is 5.32 Å². The molecule has 1 N–H and O–H groups in total. The van der Waals surface area contributed by atoms with Gasteiger partial charge in [-0.15, -0.1) is 0 Å². The Balaban J connectivity index is 2.47. The molecule has 6 unspecified atom stereocenters. The first kappa shape index (κ1) is 24.0. The van der Waals surface area contributed by atoms with Crippen molar-refractivity contribution in [1.29, 1.82) is 0 Å². The molecule has 2 heteroatoms. The van der Waals surface area contributed by atoms with E-state index in [0.29, 0.717) is 22.9 Å². The van der Waals surface area contributed by atoms with Crippen molar-refractivity contribution in [3.63, 3.8) is 0 Å². The summed E-state index contributed by atoms with van der Waals surface area (Å²) >= 11 is 0. The van der Waals surface area contributed by atoms with Crippen LogP contribution in [0.25, 0.3) is 0 Å². The molecule has 1 saturated heterocycles. The molecule has 26 heavy (non-hydrogen) atoms.